The molecule has 0 amide bonds. The van der Waals surface area contributed by atoms with E-state index in [0.717, 1.165) is 17.7 Å². The third-order valence-electron chi connectivity index (χ3n) is 2.46. The second-order valence-electron chi connectivity index (χ2n) is 3.90. The molecule has 0 aliphatic heterocycles. The highest BCUT2D eigenvalue weighted by molar-refractivity contribution is 5.44. The Kier molecular flexibility index (Phi) is 4.30. The van der Waals surface area contributed by atoms with Gasteiger partial charge in [0, 0.05) is 12.1 Å². The Bertz CT molecular complexity index is 547. The Morgan fingerprint density at radius 2 is 1.74 bits per heavy atom. The Morgan fingerprint density at radius 1 is 1.00 bits per heavy atom. The van der Waals surface area contributed by atoms with Crippen LogP contribution in [0.1, 0.15) is 5.56 Å². The van der Waals surface area contributed by atoms with Crippen LogP contribution >= 0.6 is 0 Å². The highest BCUT2D eigenvalue weighted by Gasteiger charge is 2.08. The number of halogens is 2. The van der Waals surface area contributed by atoms with Crippen molar-refractivity contribution in [3.8, 4) is 5.75 Å². The third kappa shape index (κ3) is 3.66. The van der Waals surface area contributed by atoms with E-state index < -0.39 is 11.6 Å². The summed E-state index contributed by atoms with van der Waals surface area (Å²) < 4.78 is 36.7. The van der Waals surface area contributed by atoms with Gasteiger partial charge in [-0.05, 0) is 5.56 Å². The molecule has 0 radical (unpaired) electrons. The van der Waals surface area contributed by atoms with Crippen LogP contribution in [0.25, 0.3) is 0 Å². The molecule has 0 bridgehead atoms. The van der Waals surface area contributed by atoms with Gasteiger partial charge in [-0.1, -0.05) is 30.3 Å². The molecule has 19 heavy (non-hydrogen) atoms. The zero-order chi connectivity index (χ0) is 13.7. The second-order valence-corrected chi connectivity index (χ2v) is 3.90. The van der Waals surface area contributed by atoms with Crippen molar-refractivity contribution in [3.05, 3.63) is 59.7 Å². The molecular weight excluding hydrogens is 252 g/mol. The quantitative estimate of drug-likeness (QED) is 0.513. The molecule has 0 atom stereocenters. The van der Waals surface area contributed by atoms with E-state index in [2.05, 4.69) is 0 Å². The Hall–Kier alpha value is -2.14. The predicted molar refractivity (Wildman–Crippen MR) is 67.5 cm³/mol. The smallest absolute Gasteiger partial charge is 0.189 e. The third-order valence-corrected chi connectivity index (χ3v) is 2.46. The summed E-state index contributed by atoms with van der Waals surface area (Å²) in [7, 11) is 0. The van der Waals surface area contributed by atoms with Crippen LogP contribution in [0.2, 0.25) is 0 Å². The predicted octanol–water partition coefficient (Wildman–Crippen LogP) is 3.10. The number of ether oxygens (including phenoxy) is 2. The molecule has 0 spiro atoms. The highest BCUT2D eigenvalue weighted by Crippen LogP contribution is 2.22. The lowest BCUT2D eigenvalue weighted by Crippen LogP contribution is -2.05. The second kappa shape index (κ2) is 6.15. The molecule has 0 saturated heterocycles. The maximum atomic E-state index is 13.4. The minimum atomic E-state index is -0.723. The van der Waals surface area contributed by atoms with Crippen LogP contribution in [0.3, 0.4) is 0 Å². The molecule has 2 rings (SSSR count). The van der Waals surface area contributed by atoms with Gasteiger partial charge in [-0.2, -0.15) is 0 Å². The number of nitrogen functional groups attached to an aromatic ring is 1. The zero-order valence-electron chi connectivity index (χ0n) is 10.1. The van der Waals surface area contributed by atoms with Crippen molar-refractivity contribution in [1.82, 2.24) is 0 Å². The van der Waals surface area contributed by atoms with E-state index in [1.807, 2.05) is 30.3 Å². The number of anilines is 1. The molecule has 0 aromatic heterocycles. The Labute approximate surface area is 109 Å². The van der Waals surface area contributed by atoms with Crippen LogP contribution < -0.4 is 10.5 Å². The fourth-order valence-electron chi connectivity index (χ4n) is 1.49. The van der Waals surface area contributed by atoms with Crippen LogP contribution in [0.4, 0.5) is 14.5 Å². The lowest BCUT2D eigenvalue weighted by molar-refractivity contribution is 0.00288. The number of rotatable bonds is 5. The molecule has 0 fully saturated rings. The molecule has 0 heterocycles. The van der Waals surface area contributed by atoms with Crippen molar-refractivity contribution in [3.63, 3.8) is 0 Å². The summed E-state index contributed by atoms with van der Waals surface area (Å²) in [6.07, 6.45) is 0. The molecule has 0 aliphatic rings. The largest absolute Gasteiger partial charge is 0.464 e. The van der Waals surface area contributed by atoms with Crippen LogP contribution in [0.15, 0.2) is 42.5 Å². The number of hydrogen-bond acceptors (Lipinski definition) is 3. The first-order valence-electron chi connectivity index (χ1n) is 5.66. The molecule has 2 aromatic rings. The van der Waals surface area contributed by atoms with Crippen LogP contribution in [0, 0.1) is 11.6 Å². The zero-order valence-corrected chi connectivity index (χ0v) is 10.1. The van der Waals surface area contributed by atoms with Gasteiger partial charge < -0.3 is 15.2 Å². The maximum absolute atomic E-state index is 13.4. The Balaban J connectivity index is 1.85. The van der Waals surface area contributed by atoms with Crippen molar-refractivity contribution in [2.24, 2.45) is 0 Å². The highest BCUT2D eigenvalue weighted by atomic mass is 19.1. The van der Waals surface area contributed by atoms with Gasteiger partial charge in [0.15, 0.2) is 18.4 Å². The van der Waals surface area contributed by atoms with E-state index in [1.54, 1.807) is 0 Å². The van der Waals surface area contributed by atoms with Gasteiger partial charge in [-0.25, -0.2) is 8.78 Å². The molecule has 0 unspecified atom stereocenters. The van der Waals surface area contributed by atoms with Gasteiger partial charge >= 0.3 is 0 Å². The van der Waals surface area contributed by atoms with Crippen molar-refractivity contribution in [1.29, 1.82) is 0 Å². The summed E-state index contributed by atoms with van der Waals surface area (Å²) in [5.41, 5.74) is 5.93. The first kappa shape index (κ1) is 13.3. The van der Waals surface area contributed by atoms with Crippen molar-refractivity contribution in [2.45, 2.75) is 6.61 Å². The average Bonchev–Trinajstić information content (AvgIpc) is 2.41. The summed E-state index contributed by atoms with van der Waals surface area (Å²) in [6, 6.07) is 11.2. The first-order valence-corrected chi connectivity index (χ1v) is 5.66. The van der Waals surface area contributed by atoms with Gasteiger partial charge in [-0.15, -0.1) is 0 Å². The lowest BCUT2D eigenvalue weighted by atomic mass is 10.2. The molecule has 2 aromatic carbocycles. The van der Waals surface area contributed by atoms with E-state index in [1.165, 1.54) is 0 Å². The molecule has 0 aliphatic carbocycles. The summed E-state index contributed by atoms with van der Waals surface area (Å²) in [5, 5.41) is 0. The summed E-state index contributed by atoms with van der Waals surface area (Å²) in [6.45, 7) is 0.162. The Morgan fingerprint density at radius 3 is 2.47 bits per heavy atom. The SMILES string of the molecule is Nc1cc(F)c(OCOCc2ccccc2)cc1F. The van der Waals surface area contributed by atoms with Gasteiger partial charge in [0.05, 0.1) is 12.3 Å². The maximum Gasteiger partial charge on any atom is 0.189 e. The van der Waals surface area contributed by atoms with Gasteiger partial charge in [0.2, 0.25) is 0 Å². The van der Waals surface area contributed by atoms with E-state index >= 15 is 0 Å². The van der Waals surface area contributed by atoms with E-state index in [0.29, 0.717) is 6.61 Å². The van der Waals surface area contributed by atoms with Gasteiger partial charge in [0.1, 0.15) is 5.82 Å². The molecule has 100 valence electrons. The van der Waals surface area contributed by atoms with Crippen molar-refractivity contribution >= 4 is 5.69 Å². The summed E-state index contributed by atoms with van der Waals surface area (Å²) in [4.78, 5) is 0. The van der Waals surface area contributed by atoms with Crippen molar-refractivity contribution in [2.75, 3.05) is 12.5 Å². The molecule has 3 nitrogen and oxygen atoms in total. The number of nitrogens with two attached hydrogens (primary N) is 1. The minimum Gasteiger partial charge on any atom is -0.464 e. The van der Waals surface area contributed by atoms with Crippen molar-refractivity contribution < 1.29 is 18.3 Å². The first-order chi connectivity index (χ1) is 9.16. The van der Waals surface area contributed by atoms with Crippen LogP contribution in [-0.4, -0.2) is 6.79 Å². The van der Waals surface area contributed by atoms with E-state index in [-0.39, 0.29) is 18.2 Å². The normalized spacial score (nSPS) is 10.4. The van der Waals surface area contributed by atoms with Gasteiger partial charge in [0.25, 0.3) is 0 Å². The summed E-state index contributed by atoms with van der Waals surface area (Å²) >= 11 is 0. The van der Waals surface area contributed by atoms with E-state index in [9.17, 15) is 8.78 Å². The summed E-state index contributed by atoms with van der Waals surface area (Å²) in [5.74, 6) is -1.67. The molecule has 5 heteroatoms. The fourth-order valence-corrected chi connectivity index (χ4v) is 1.49. The van der Waals surface area contributed by atoms with Crippen LogP contribution in [-0.2, 0) is 11.3 Å². The monoisotopic (exact) mass is 265 g/mol. The standard InChI is InChI=1S/C14H13F2NO2/c15-11-7-14(12(16)6-13(11)17)19-9-18-8-10-4-2-1-3-5-10/h1-7H,8-9,17H2. The van der Waals surface area contributed by atoms with Crippen LogP contribution in [0.5, 0.6) is 5.75 Å². The topological polar surface area (TPSA) is 44.5 Å². The lowest BCUT2D eigenvalue weighted by Gasteiger charge is -2.09. The number of hydrogen-bond donors (Lipinski definition) is 1. The van der Waals surface area contributed by atoms with E-state index in [4.69, 9.17) is 15.2 Å². The molecular formula is C14H13F2NO2. The van der Waals surface area contributed by atoms with Gasteiger partial charge in [-0.3, -0.25) is 0 Å². The molecule has 0 saturated carbocycles. The number of benzene rings is 2. The average molecular weight is 265 g/mol. The molecule has 2 N–H and O–H groups in total. The fraction of sp³-hybridized carbons (Fsp3) is 0.143. The minimum absolute atomic E-state index is 0.171.